The van der Waals surface area contributed by atoms with Crippen molar-refractivity contribution in [3.63, 3.8) is 0 Å². The Balaban J connectivity index is 1.93. The number of hydrogen-bond acceptors (Lipinski definition) is 5. The second kappa shape index (κ2) is 9.41. The highest BCUT2D eigenvalue weighted by Gasteiger charge is 2.14. The van der Waals surface area contributed by atoms with Crippen LogP contribution in [-0.4, -0.2) is 33.0 Å². The van der Waals surface area contributed by atoms with Crippen molar-refractivity contribution in [1.29, 1.82) is 0 Å². The molecule has 0 aliphatic carbocycles. The molecule has 0 radical (unpaired) electrons. The molecule has 0 saturated carbocycles. The summed E-state index contributed by atoms with van der Waals surface area (Å²) < 4.78 is 21.0. The number of amides is 1. The van der Waals surface area contributed by atoms with Gasteiger partial charge in [0.15, 0.2) is 16.7 Å². The summed E-state index contributed by atoms with van der Waals surface area (Å²) in [4.78, 5) is 11.0. The lowest BCUT2D eigenvalue weighted by Crippen LogP contribution is -2.15. The lowest BCUT2D eigenvalue weighted by Gasteiger charge is -2.12. The Kier molecular flexibility index (Phi) is 7.24. The molecule has 1 amide bonds. The second-order valence-corrected chi connectivity index (χ2v) is 7.06. The van der Waals surface area contributed by atoms with E-state index in [1.807, 2.05) is 4.57 Å². The number of carbonyl (C=O) groups excluding carboxylic acids is 1. The van der Waals surface area contributed by atoms with Crippen molar-refractivity contribution in [2.24, 2.45) is 11.7 Å². The number of primary amides is 1. The van der Waals surface area contributed by atoms with E-state index >= 15 is 0 Å². The van der Waals surface area contributed by atoms with Gasteiger partial charge in [0.2, 0.25) is 5.91 Å². The van der Waals surface area contributed by atoms with Gasteiger partial charge in [0.25, 0.3) is 0 Å². The predicted molar refractivity (Wildman–Crippen MR) is 95.0 cm³/mol. The summed E-state index contributed by atoms with van der Waals surface area (Å²) in [5, 5.41) is 9.15. The van der Waals surface area contributed by atoms with E-state index in [4.69, 9.17) is 10.5 Å². The molecule has 0 aliphatic rings. The van der Waals surface area contributed by atoms with Gasteiger partial charge in [-0.15, -0.1) is 10.2 Å². The third kappa shape index (κ3) is 6.04. The molecule has 0 fully saturated rings. The van der Waals surface area contributed by atoms with E-state index in [9.17, 15) is 9.18 Å². The highest BCUT2D eigenvalue weighted by atomic mass is 32.2. The van der Waals surface area contributed by atoms with Gasteiger partial charge < -0.3 is 15.0 Å². The Labute approximate surface area is 151 Å². The normalized spacial score (nSPS) is 11.0. The van der Waals surface area contributed by atoms with Gasteiger partial charge in [0, 0.05) is 25.1 Å². The predicted octanol–water partition coefficient (Wildman–Crippen LogP) is 2.66. The van der Waals surface area contributed by atoms with Crippen LogP contribution in [0.5, 0.6) is 5.75 Å². The number of rotatable bonds is 10. The third-order valence-corrected chi connectivity index (χ3v) is 4.28. The Hall–Kier alpha value is -2.09. The second-order valence-electron chi connectivity index (χ2n) is 6.00. The molecule has 136 valence electrons. The first-order valence-electron chi connectivity index (χ1n) is 8.18. The van der Waals surface area contributed by atoms with Crippen LogP contribution in [0.4, 0.5) is 4.39 Å². The van der Waals surface area contributed by atoms with E-state index in [1.165, 1.54) is 17.8 Å². The largest absolute Gasteiger partial charge is 0.490 e. The van der Waals surface area contributed by atoms with Crippen LogP contribution in [0.2, 0.25) is 0 Å². The van der Waals surface area contributed by atoms with E-state index in [2.05, 4.69) is 24.0 Å². The van der Waals surface area contributed by atoms with Gasteiger partial charge >= 0.3 is 0 Å². The van der Waals surface area contributed by atoms with Crippen molar-refractivity contribution in [2.45, 2.75) is 38.4 Å². The van der Waals surface area contributed by atoms with Crippen molar-refractivity contribution < 1.29 is 13.9 Å². The monoisotopic (exact) mass is 366 g/mol. The summed E-state index contributed by atoms with van der Waals surface area (Å²) in [5.41, 5.74) is 5.22. The quantitative estimate of drug-likeness (QED) is 0.516. The average molecular weight is 366 g/mol. The fourth-order valence-corrected chi connectivity index (χ4v) is 3.02. The minimum atomic E-state index is -0.371. The summed E-state index contributed by atoms with van der Waals surface area (Å²) in [6.07, 6.45) is 0.721. The average Bonchev–Trinajstić information content (AvgIpc) is 2.92. The summed E-state index contributed by atoms with van der Waals surface area (Å²) in [5.74, 6) is 1.30. The van der Waals surface area contributed by atoms with E-state index in [0.717, 1.165) is 17.5 Å². The molecular formula is C17H23FN4O2S. The Morgan fingerprint density at radius 1 is 1.36 bits per heavy atom. The molecular weight excluding hydrogens is 343 g/mol. The van der Waals surface area contributed by atoms with Crippen LogP contribution in [0.25, 0.3) is 0 Å². The highest BCUT2D eigenvalue weighted by Crippen LogP contribution is 2.21. The lowest BCUT2D eigenvalue weighted by atomic mass is 10.2. The van der Waals surface area contributed by atoms with Gasteiger partial charge in [0.05, 0.1) is 6.61 Å². The zero-order chi connectivity index (χ0) is 18.2. The molecule has 8 heteroatoms. The zero-order valence-electron chi connectivity index (χ0n) is 14.4. The Bertz CT molecular complexity index is 706. The number of para-hydroxylation sites is 1. The maximum atomic E-state index is 13.5. The van der Waals surface area contributed by atoms with E-state index in [0.29, 0.717) is 24.7 Å². The first-order chi connectivity index (χ1) is 12.0. The van der Waals surface area contributed by atoms with Crippen molar-refractivity contribution in [1.82, 2.24) is 14.8 Å². The lowest BCUT2D eigenvalue weighted by molar-refractivity contribution is -0.118. The minimum absolute atomic E-state index is 0.244. The molecule has 0 unspecified atom stereocenters. The number of nitrogens with zero attached hydrogens (tertiary/aromatic N) is 3. The molecule has 1 heterocycles. The van der Waals surface area contributed by atoms with E-state index < -0.39 is 0 Å². The first kappa shape index (κ1) is 19.2. The van der Waals surface area contributed by atoms with E-state index in [1.54, 1.807) is 18.2 Å². The molecule has 1 aromatic carbocycles. The van der Waals surface area contributed by atoms with Crippen LogP contribution < -0.4 is 10.5 Å². The molecule has 0 atom stereocenters. The molecule has 0 spiro atoms. The topological polar surface area (TPSA) is 83.0 Å². The number of carbonyl (C=O) groups is 1. The molecule has 0 aliphatic heterocycles. The van der Waals surface area contributed by atoms with Crippen LogP contribution in [0, 0.1) is 11.7 Å². The van der Waals surface area contributed by atoms with Gasteiger partial charge in [-0.2, -0.15) is 0 Å². The van der Waals surface area contributed by atoms with E-state index in [-0.39, 0.29) is 23.9 Å². The number of aromatic nitrogens is 3. The number of ether oxygens (including phenoxy) is 1. The fourth-order valence-electron chi connectivity index (χ4n) is 2.24. The SMILES string of the molecule is CC(C)Cn1c(CCC(N)=O)nnc1SCCOc1ccccc1F. The van der Waals surface area contributed by atoms with Crippen LogP contribution in [-0.2, 0) is 17.8 Å². The zero-order valence-corrected chi connectivity index (χ0v) is 15.3. The van der Waals surface area contributed by atoms with Crippen molar-refractivity contribution >= 4 is 17.7 Å². The smallest absolute Gasteiger partial charge is 0.217 e. The minimum Gasteiger partial charge on any atom is -0.490 e. The Morgan fingerprint density at radius 3 is 2.80 bits per heavy atom. The van der Waals surface area contributed by atoms with Crippen LogP contribution in [0.1, 0.15) is 26.1 Å². The van der Waals surface area contributed by atoms with Gasteiger partial charge in [-0.3, -0.25) is 4.79 Å². The molecule has 6 nitrogen and oxygen atoms in total. The van der Waals surface area contributed by atoms with Gasteiger partial charge in [-0.1, -0.05) is 37.7 Å². The molecule has 2 rings (SSSR count). The summed E-state index contributed by atoms with van der Waals surface area (Å²) in [6, 6.07) is 6.32. The molecule has 1 aromatic heterocycles. The van der Waals surface area contributed by atoms with Crippen LogP contribution in [0.15, 0.2) is 29.4 Å². The number of thioether (sulfide) groups is 1. The maximum absolute atomic E-state index is 13.5. The molecule has 25 heavy (non-hydrogen) atoms. The van der Waals surface area contributed by atoms with Gasteiger partial charge in [-0.25, -0.2) is 4.39 Å². The third-order valence-electron chi connectivity index (χ3n) is 3.34. The first-order valence-corrected chi connectivity index (χ1v) is 9.16. The van der Waals surface area contributed by atoms with Crippen molar-refractivity contribution in [2.75, 3.05) is 12.4 Å². The molecule has 0 bridgehead atoms. The molecule has 2 N–H and O–H groups in total. The summed E-state index contributed by atoms with van der Waals surface area (Å²) in [6.45, 7) is 5.33. The van der Waals surface area contributed by atoms with Crippen molar-refractivity contribution in [3.8, 4) is 5.75 Å². The van der Waals surface area contributed by atoms with Crippen molar-refractivity contribution in [3.05, 3.63) is 35.9 Å². The fraction of sp³-hybridized carbons (Fsp3) is 0.471. The summed E-state index contributed by atoms with van der Waals surface area (Å²) >= 11 is 1.49. The summed E-state index contributed by atoms with van der Waals surface area (Å²) in [7, 11) is 0. The number of halogens is 1. The molecule has 2 aromatic rings. The standard InChI is InChI=1S/C17H23FN4O2S/c1-12(2)11-22-16(8-7-15(19)23)20-21-17(22)25-10-9-24-14-6-4-3-5-13(14)18/h3-6,12H,7-11H2,1-2H3,(H2,19,23). The maximum Gasteiger partial charge on any atom is 0.217 e. The van der Waals surface area contributed by atoms with Crippen LogP contribution >= 0.6 is 11.8 Å². The highest BCUT2D eigenvalue weighted by molar-refractivity contribution is 7.99. The van der Waals surface area contributed by atoms with Gasteiger partial charge in [0.1, 0.15) is 5.82 Å². The number of hydrogen-bond donors (Lipinski definition) is 1. The number of benzene rings is 1. The van der Waals surface area contributed by atoms with Gasteiger partial charge in [-0.05, 0) is 18.1 Å². The number of aryl methyl sites for hydroxylation is 1. The molecule has 0 saturated heterocycles. The Morgan fingerprint density at radius 2 is 2.12 bits per heavy atom. The number of nitrogens with two attached hydrogens (primary N) is 1. The van der Waals surface area contributed by atoms with Crippen LogP contribution in [0.3, 0.4) is 0 Å².